The van der Waals surface area contributed by atoms with Crippen molar-refractivity contribution in [3.8, 4) is 5.75 Å². The highest BCUT2D eigenvalue weighted by Crippen LogP contribution is 2.42. The van der Waals surface area contributed by atoms with Crippen LogP contribution in [0.3, 0.4) is 0 Å². The summed E-state index contributed by atoms with van der Waals surface area (Å²) in [4.78, 5) is 15.1. The number of aliphatic hydroxyl groups is 1. The van der Waals surface area contributed by atoms with Crippen LogP contribution in [0.25, 0.3) is 0 Å². The van der Waals surface area contributed by atoms with Gasteiger partial charge in [0.1, 0.15) is 33.5 Å². The van der Waals surface area contributed by atoms with Crippen molar-refractivity contribution >= 4 is 21.6 Å². The second-order valence-electron chi connectivity index (χ2n) is 10.3. The molecule has 7 nitrogen and oxygen atoms in total. The molecule has 0 fully saturated rings. The summed E-state index contributed by atoms with van der Waals surface area (Å²) in [6.45, 7) is 9.94. The molecule has 2 heterocycles. The second-order valence-corrected chi connectivity index (χ2v) is 11.9. The first-order valence-electron chi connectivity index (χ1n) is 11.4. The lowest BCUT2D eigenvalue weighted by Gasteiger charge is -2.35. The number of halogens is 1. The van der Waals surface area contributed by atoms with Crippen LogP contribution in [0.5, 0.6) is 5.75 Å². The number of aliphatic hydroxyl groups excluding tert-OH is 1. The van der Waals surface area contributed by atoms with Gasteiger partial charge in [-0.3, -0.25) is 4.79 Å². The third-order valence-corrected chi connectivity index (χ3v) is 7.26. The molecule has 35 heavy (non-hydrogen) atoms. The molecule has 9 heteroatoms. The van der Waals surface area contributed by atoms with Crippen LogP contribution in [0.4, 0.5) is 4.39 Å². The Morgan fingerprint density at radius 3 is 2.40 bits per heavy atom. The molecule has 0 spiro atoms. The van der Waals surface area contributed by atoms with E-state index >= 15 is 0 Å². The quantitative estimate of drug-likeness (QED) is 0.624. The molecule has 0 aliphatic carbocycles. The number of fused-ring (bicyclic) bond motifs is 1. The first kappa shape index (κ1) is 24.9. The molecule has 4 rings (SSSR count). The Balaban J connectivity index is 1.80. The predicted molar refractivity (Wildman–Crippen MR) is 130 cm³/mol. The lowest BCUT2D eigenvalue weighted by atomic mass is 9.84. The molecular formula is C26H29FN2O5S. The van der Waals surface area contributed by atoms with Crippen molar-refractivity contribution < 1.29 is 27.4 Å². The maximum atomic E-state index is 13.7. The summed E-state index contributed by atoms with van der Waals surface area (Å²) < 4.78 is 49.2. The fourth-order valence-corrected chi connectivity index (χ4v) is 5.78. The summed E-state index contributed by atoms with van der Waals surface area (Å²) >= 11 is 0. The SMILES string of the molecule is CC(C)COc1cccc2c1S(=O)(=O)N=C2C1=C(O)[C@H](C(C)(C)C)N(Cc2ccc(F)cc2)C1=O. The Morgan fingerprint density at radius 2 is 1.80 bits per heavy atom. The monoisotopic (exact) mass is 500 g/mol. The summed E-state index contributed by atoms with van der Waals surface area (Å²) in [6.07, 6.45) is 0. The van der Waals surface area contributed by atoms with Gasteiger partial charge in [0, 0.05) is 12.1 Å². The van der Waals surface area contributed by atoms with Gasteiger partial charge in [0.25, 0.3) is 15.9 Å². The second kappa shape index (κ2) is 8.78. The van der Waals surface area contributed by atoms with E-state index in [4.69, 9.17) is 4.74 Å². The molecule has 186 valence electrons. The van der Waals surface area contributed by atoms with Gasteiger partial charge in [-0.2, -0.15) is 12.8 Å². The number of rotatable bonds is 6. The largest absolute Gasteiger partial charge is 0.509 e. The number of nitrogens with zero attached hydrogens (tertiary/aromatic N) is 2. The summed E-state index contributed by atoms with van der Waals surface area (Å²) in [5.74, 6) is -0.836. The number of hydrogen-bond acceptors (Lipinski definition) is 5. The Kier molecular flexibility index (Phi) is 6.25. The van der Waals surface area contributed by atoms with Gasteiger partial charge in [0.05, 0.1) is 12.6 Å². The number of amides is 1. The van der Waals surface area contributed by atoms with Gasteiger partial charge in [0.15, 0.2) is 0 Å². The zero-order valence-corrected chi connectivity index (χ0v) is 21.2. The molecule has 0 saturated heterocycles. The summed E-state index contributed by atoms with van der Waals surface area (Å²) in [7, 11) is -4.15. The first-order chi connectivity index (χ1) is 16.3. The van der Waals surface area contributed by atoms with Crippen LogP contribution in [0, 0.1) is 17.2 Å². The number of hydrogen-bond donors (Lipinski definition) is 1. The summed E-state index contributed by atoms with van der Waals surface area (Å²) in [5, 5.41) is 11.3. The molecule has 2 aliphatic rings. The summed E-state index contributed by atoms with van der Waals surface area (Å²) in [6, 6.07) is 9.77. The van der Waals surface area contributed by atoms with Gasteiger partial charge in [-0.25, -0.2) is 4.39 Å². The van der Waals surface area contributed by atoms with Gasteiger partial charge in [-0.1, -0.05) is 58.9 Å². The fourth-order valence-electron chi connectivity index (χ4n) is 4.44. The van der Waals surface area contributed by atoms with Crippen LogP contribution in [0.2, 0.25) is 0 Å². The highest BCUT2D eigenvalue weighted by atomic mass is 32.2. The molecule has 1 atom stereocenters. The predicted octanol–water partition coefficient (Wildman–Crippen LogP) is 4.62. The van der Waals surface area contributed by atoms with Crippen LogP contribution < -0.4 is 4.74 Å². The third-order valence-electron chi connectivity index (χ3n) is 5.90. The van der Waals surface area contributed by atoms with Gasteiger partial charge in [0.2, 0.25) is 0 Å². The van der Waals surface area contributed by atoms with Crippen molar-refractivity contribution in [2.24, 2.45) is 15.7 Å². The topological polar surface area (TPSA) is 96.3 Å². The highest BCUT2D eigenvalue weighted by Gasteiger charge is 2.49. The first-order valence-corrected chi connectivity index (χ1v) is 12.9. The molecule has 0 unspecified atom stereocenters. The molecule has 0 aromatic heterocycles. The maximum Gasteiger partial charge on any atom is 0.287 e. The molecule has 0 radical (unpaired) electrons. The number of carbonyl (C=O) groups is 1. The number of benzene rings is 2. The minimum Gasteiger partial charge on any atom is -0.509 e. The van der Waals surface area contributed by atoms with E-state index in [2.05, 4.69) is 4.40 Å². The van der Waals surface area contributed by atoms with E-state index in [0.29, 0.717) is 12.2 Å². The van der Waals surface area contributed by atoms with Crippen molar-refractivity contribution in [1.82, 2.24) is 4.90 Å². The van der Waals surface area contributed by atoms with Crippen LogP contribution >= 0.6 is 0 Å². The molecular weight excluding hydrogens is 471 g/mol. The molecule has 0 bridgehead atoms. The van der Waals surface area contributed by atoms with Gasteiger partial charge < -0.3 is 14.7 Å². The zero-order chi connectivity index (χ0) is 25.7. The van der Waals surface area contributed by atoms with E-state index < -0.39 is 33.2 Å². The molecule has 0 saturated carbocycles. The number of carbonyl (C=O) groups excluding carboxylic acids is 1. The number of sulfonamides is 1. The fraction of sp³-hybridized carbons (Fsp3) is 0.385. The van der Waals surface area contributed by atoms with Gasteiger partial charge in [-0.15, -0.1) is 0 Å². The summed E-state index contributed by atoms with van der Waals surface area (Å²) in [5.41, 5.74) is 0.0833. The van der Waals surface area contributed by atoms with E-state index in [-0.39, 0.29) is 45.7 Å². The van der Waals surface area contributed by atoms with E-state index in [0.717, 1.165) is 0 Å². The minimum absolute atomic E-state index is 0.0895. The van der Waals surface area contributed by atoms with E-state index in [9.17, 15) is 22.7 Å². The Morgan fingerprint density at radius 1 is 1.14 bits per heavy atom. The zero-order valence-electron chi connectivity index (χ0n) is 20.4. The van der Waals surface area contributed by atoms with Crippen LogP contribution in [0.1, 0.15) is 45.7 Å². The van der Waals surface area contributed by atoms with Crippen LogP contribution in [0.15, 0.2) is 63.1 Å². The minimum atomic E-state index is -4.15. The van der Waals surface area contributed by atoms with E-state index in [1.807, 2.05) is 34.6 Å². The van der Waals surface area contributed by atoms with Gasteiger partial charge in [-0.05, 0) is 35.1 Å². The standard InChI is InChI=1S/C26H29FN2O5S/c1-15(2)14-34-19-8-6-7-18-21(28-35(32,33)23(18)19)20-22(30)24(26(3,4)5)29(25(20)31)13-16-9-11-17(27)12-10-16/h6-12,15,24,30H,13-14H2,1-5H3/t24-/m1/s1. The normalized spacial score (nSPS) is 19.4. The smallest absolute Gasteiger partial charge is 0.287 e. The van der Waals surface area contributed by atoms with Crippen molar-refractivity contribution in [3.05, 3.63) is 70.7 Å². The molecule has 1 amide bonds. The van der Waals surface area contributed by atoms with Gasteiger partial charge >= 0.3 is 0 Å². The van der Waals surface area contributed by atoms with Crippen LogP contribution in [-0.2, 0) is 21.4 Å². The highest BCUT2D eigenvalue weighted by molar-refractivity contribution is 7.91. The van der Waals surface area contributed by atoms with Crippen molar-refractivity contribution in [2.75, 3.05) is 6.61 Å². The molecule has 2 aliphatic heterocycles. The molecule has 2 aromatic rings. The van der Waals surface area contributed by atoms with Crippen LogP contribution in [-0.4, -0.2) is 42.7 Å². The average molecular weight is 501 g/mol. The lowest BCUT2D eigenvalue weighted by molar-refractivity contribution is -0.129. The Hall–Kier alpha value is -3.20. The van der Waals surface area contributed by atoms with E-state index in [1.165, 1.54) is 17.0 Å². The third kappa shape index (κ3) is 4.57. The average Bonchev–Trinajstić information content (AvgIpc) is 3.17. The molecule has 1 N–H and O–H groups in total. The van der Waals surface area contributed by atoms with E-state index in [1.54, 1.807) is 30.3 Å². The lowest BCUT2D eigenvalue weighted by Crippen LogP contribution is -2.43. The van der Waals surface area contributed by atoms with Crippen molar-refractivity contribution in [3.63, 3.8) is 0 Å². The van der Waals surface area contributed by atoms with Crippen molar-refractivity contribution in [1.29, 1.82) is 0 Å². The number of ether oxygens (including phenoxy) is 1. The Labute approximate surface area is 205 Å². The Bertz CT molecular complexity index is 1340. The molecule has 2 aromatic carbocycles. The van der Waals surface area contributed by atoms with Crippen molar-refractivity contribution in [2.45, 2.75) is 52.1 Å². The maximum absolute atomic E-state index is 13.7.